The largest absolute Gasteiger partial charge is 0.391 e. The van der Waals surface area contributed by atoms with E-state index in [9.17, 15) is 9.90 Å². The van der Waals surface area contributed by atoms with Crippen LogP contribution in [0.2, 0.25) is 0 Å². The lowest BCUT2D eigenvalue weighted by Gasteiger charge is -2.39. The van der Waals surface area contributed by atoms with Gasteiger partial charge >= 0.3 is 0 Å². The fourth-order valence-corrected chi connectivity index (χ4v) is 3.92. The highest BCUT2D eigenvalue weighted by atomic mass is 16.3. The zero-order valence-corrected chi connectivity index (χ0v) is 13.9. The number of aliphatic hydroxyl groups excluding tert-OH is 1. The summed E-state index contributed by atoms with van der Waals surface area (Å²) in [7, 11) is 0. The smallest absolute Gasteiger partial charge is 0.255 e. The van der Waals surface area contributed by atoms with Crippen molar-refractivity contribution in [1.29, 1.82) is 0 Å². The first-order valence-electron chi connectivity index (χ1n) is 8.66. The van der Waals surface area contributed by atoms with Crippen LogP contribution >= 0.6 is 0 Å². The SMILES string of the molecule is Cc1nnc2ccc(C(=O)N3CCN([C@H]4CCC[C@H]4O)CC3)cn12. The first-order valence-corrected chi connectivity index (χ1v) is 8.66. The number of aliphatic hydroxyl groups is 1. The minimum atomic E-state index is -0.202. The molecule has 0 radical (unpaired) electrons. The Morgan fingerprint density at radius 1 is 1.17 bits per heavy atom. The Kier molecular flexibility index (Phi) is 3.97. The Labute approximate surface area is 140 Å². The molecule has 4 rings (SSSR count). The fraction of sp³-hybridized carbons (Fsp3) is 0.588. The van der Waals surface area contributed by atoms with Gasteiger partial charge in [-0.15, -0.1) is 10.2 Å². The van der Waals surface area contributed by atoms with Gasteiger partial charge in [-0.1, -0.05) is 0 Å². The lowest BCUT2D eigenvalue weighted by Crippen LogP contribution is -2.53. The van der Waals surface area contributed by atoms with Gasteiger partial charge in [0.2, 0.25) is 0 Å². The third kappa shape index (κ3) is 2.67. The van der Waals surface area contributed by atoms with Gasteiger partial charge in [0.05, 0.1) is 11.7 Å². The van der Waals surface area contributed by atoms with Crippen molar-refractivity contribution in [2.45, 2.75) is 38.3 Å². The van der Waals surface area contributed by atoms with Crippen molar-refractivity contribution in [1.82, 2.24) is 24.4 Å². The number of hydrogen-bond donors (Lipinski definition) is 1. The molecule has 2 aromatic rings. The number of aryl methyl sites for hydroxylation is 1. The van der Waals surface area contributed by atoms with Gasteiger partial charge in [-0.25, -0.2) is 0 Å². The highest BCUT2D eigenvalue weighted by Gasteiger charge is 2.33. The van der Waals surface area contributed by atoms with Crippen molar-refractivity contribution in [2.24, 2.45) is 0 Å². The topological polar surface area (TPSA) is 74.0 Å². The van der Waals surface area contributed by atoms with Crippen LogP contribution < -0.4 is 0 Å². The second kappa shape index (κ2) is 6.14. The highest BCUT2D eigenvalue weighted by molar-refractivity contribution is 5.94. The van der Waals surface area contributed by atoms with Crippen LogP contribution in [0.1, 0.15) is 35.4 Å². The van der Waals surface area contributed by atoms with Crippen molar-refractivity contribution in [3.8, 4) is 0 Å². The van der Waals surface area contributed by atoms with Crippen LogP contribution in [-0.2, 0) is 0 Å². The quantitative estimate of drug-likeness (QED) is 0.878. The minimum absolute atomic E-state index is 0.0524. The predicted octanol–water partition coefficient (Wildman–Crippen LogP) is 0.709. The first-order chi connectivity index (χ1) is 11.6. The number of fused-ring (bicyclic) bond motifs is 1. The van der Waals surface area contributed by atoms with Crippen LogP contribution in [-0.4, -0.2) is 73.7 Å². The molecular formula is C17H23N5O2. The molecule has 7 heteroatoms. The Morgan fingerprint density at radius 3 is 2.67 bits per heavy atom. The molecule has 0 unspecified atom stereocenters. The summed E-state index contributed by atoms with van der Waals surface area (Å²) in [6.07, 6.45) is 4.69. The third-order valence-electron chi connectivity index (χ3n) is 5.33. The summed E-state index contributed by atoms with van der Waals surface area (Å²) in [6.45, 7) is 4.96. The summed E-state index contributed by atoms with van der Waals surface area (Å²) in [4.78, 5) is 17.0. The molecule has 2 atom stereocenters. The molecule has 1 aliphatic carbocycles. The maximum atomic E-state index is 12.8. The van der Waals surface area contributed by atoms with E-state index in [0.717, 1.165) is 43.8 Å². The van der Waals surface area contributed by atoms with Crippen molar-refractivity contribution >= 4 is 11.6 Å². The van der Waals surface area contributed by atoms with Crippen molar-refractivity contribution < 1.29 is 9.90 Å². The summed E-state index contributed by atoms with van der Waals surface area (Å²) < 4.78 is 1.85. The molecule has 0 bridgehead atoms. The number of piperazine rings is 1. The van der Waals surface area contributed by atoms with Gasteiger partial charge in [-0.05, 0) is 38.3 Å². The molecule has 1 saturated carbocycles. The van der Waals surface area contributed by atoms with Gasteiger partial charge in [0.1, 0.15) is 5.82 Å². The molecule has 1 aliphatic heterocycles. The number of hydrogen-bond acceptors (Lipinski definition) is 5. The van der Waals surface area contributed by atoms with Gasteiger partial charge in [-0.2, -0.15) is 0 Å². The van der Waals surface area contributed by atoms with Crippen LogP contribution in [0, 0.1) is 6.92 Å². The minimum Gasteiger partial charge on any atom is -0.391 e. The summed E-state index contributed by atoms with van der Waals surface area (Å²) in [5, 5.41) is 18.1. The van der Waals surface area contributed by atoms with E-state index < -0.39 is 0 Å². The number of rotatable bonds is 2. The second-order valence-corrected chi connectivity index (χ2v) is 6.79. The Bertz CT molecular complexity index is 751. The van der Waals surface area contributed by atoms with E-state index in [0.29, 0.717) is 18.7 Å². The van der Waals surface area contributed by atoms with E-state index in [4.69, 9.17) is 0 Å². The summed E-state index contributed by atoms with van der Waals surface area (Å²) in [6, 6.07) is 3.93. The maximum Gasteiger partial charge on any atom is 0.255 e. The van der Waals surface area contributed by atoms with Crippen LogP contribution in [0.5, 0.6) is 0 Å². The second-order valence-electron chi connectivity index (χ2n) is 6.79. The molecule has 2 fully saturated rings. The number of pyridine rings is 1. The van der Waals surface area contributed by atoms with Crippen molar-refractivity contribution in [3.05, 3.63) is 29.7 Å². The molecule has 1 N–H and O–H groups in total. The van der Waals surface area contributed by atoms with Gasteiger partial charge in [0.15, 0.2) is 5.65 Å². The summed E-state index contributed by atoms with van der Waals surface area (Å²) >= 11 is 0. The average Bonchev–Trinajstić information content (AvgIpc) is 3.20. The number of carbonyl (C=O) groups excluding carboxylic acids is 1. The molecule has 1 saturated heterocycles. The molecule has 7 nitrogen and oxygen atoms in total. The van der Waals surface area contributed by atoms with E-state index >= 15 is 0 Å². The molecule has 3 heterocycles. The Morgan fingerprint density at radius 2 is 1.96 bits per heavy atom. The maximum absolute atomic E-state index is 12.8. The zero-order valence-electron chi connectivity index (χ0n) is 13.9. The lowest BCUT2D eigenvalue weighted by molar-refractivity contribution is 0.0315. The van der Waals surface area contributed by atoms with E-state index in [-0.39, 0.29) is 18.1 Å². The number of aromatic nitrogens is 3. The standard InChI is InChI=1S/C17H23N5O2/c1-12-18-19-16-6-5-13(11-22(12)16)17(24)21-9-7-20(8-10-21)14-3-2-4-15(14)23/h5-6,11,14-15,23H,2-4,7-10H2,1H3/t14-,15+/m0/s1. The average molecular weight is 329 g/mol. The molecule has 2 aliphatic rings. The van der Waals surface area contributed by atoms with E-state index in [2.05, 4.69) is 15.1 Å². The highest BCUT2D eigenvalue weighted by Crippen LogP contribution is 2.25. The van der Waals surface area contributed by atoms with E-state index in [1.165, 1.54) is 0 Å². The zero-order chi connectivity index (χ0) is 16.7. The van der Waals surface area contributed by atoms with Crippen molar-refractivity contribution in [2.75, 3.05) is 26.2 Å². The Hall–Kier alpha value is -1.99. The normalized spacial score (nSPS) is 25.5. The van der Waals surface area contributed by atoms with E-state index in [1.54, 1.807) is 0 Å². The summed E-state index contributed by atoms with van der Waals surface area (Å²) in [5.41, 5.74) is 1.42. The predicted molar refractivity (Wildman–Crippen MR) is 88.8 cm³/mol. The van der Waals surface area contributed by atoms with Crippen molar-refractivity contribution in [3.63, 3.8) is 0 Å². The number of carbonyl (C=O) groups is 1. The fourth-order valence-electron chi connectivity index (χ4n) is 3.92. The van der Waals surface area contributed by atoms with Crippen LogP contribution in [0.15, 0.2) is 18.3 Å². The van der Waals surface area contributed by atoms with Crippen LogP contribution in [0.25, 0.3) is 5.65 Å². The number of amides is 1. The van der Waals surface area contributed by atoms with Gasteiger partial charge < -0.3 is 10.0 Å². The van der Waals surface area contributed by atoms with Crippen LogP contribution in [0.3, 0.4) is 0 Å². The molecule has 128 valence electrons. The van der Waals surface area contributed by atoms with Gasteiger partial charge in [-0.3, -0.25) is 14.1 Å². The van der Waals surface area contributed by atoms with Gasteiger partial charge in [0.25, 0.3) is 5.91 Å². The molecule has 1 amide bonds. The molecule has 0 spiro atoms. The molecule has 24 heavy (non-hydrogen) atoms. The summed E-state index contributed by atoms with van der Waals surface area (Å²) in [5.74, 6) is 0.830. The molecule has 2 aromatic heterocycles. The first kappa shape index (κ1) is 15.5. The van der Waals surface area contributed by atoms with Crippen LogP contribution in [0.4, 0.5) is 0 Å². The lowest BCUT2D eigenvalue weighted by atomic mass is 10.1. The molecular weight excluding hydrogens is 306 g/mol. The van der Waals surface area contributed by atoms with E-state index in [1.807, 2.05) is 34.6 Å². The third-order valence-corrected chi connectivity index (χ3v) is 5.33. The Balaban J connectivity index is 1.44. The number of nitrogens with zero attached hydrogens (tertiary/aromatic N) is 5. The molecule has 0 aromatic carbocycles. The monoisotopic (exact) mass is 329 g/mol. The van der Waals surface area contributed by atoms with Gasteiger partial charge in [0, 0.05) is 38.4 Å².